The average Bonchev–Trinajstić information content (AvgIpc) is 2.48. The summed E-state index contributed by atoms with van der Waals surface area (Å²) in [4.78, 5) is 4.87. The summed E-state index contributed by atoms with van der Waals surface area (Å²) in [5, 5.41) is 10.9. The molecular weight excluding hydrogens is 184 g/mol. The first-order chi connectivity index (χ1) is 5.96. The van der Waals surface area contributed by atoms with Gasteiger partial charge in [0, 0.05) is 6.20 Å². The van der Waals surface area contributed by atoms with E-state index in [1.165, 1.54) is 11.3 Å². The van der Waals surface area contributed by atoms with Crippen LogP contribution in [-0.4, -0.2) is 10.1 Å². The molecule has 1 fully saturated rings. The molecule has 72 valence electrons. The number of aliphatic hydroxyl groups is 1. The molecule has 2 rings (SSSR count). The molecule has 0 saturated heterocycles. The highest BCUT2D eigenvalue weighted by Crippen LogP contribution is 2.56. The third-order valence-corrected chi connectivity index (χ3v) is 4.14. The lowest BCUT2D eigenvalue weighted by Gasteiger charge is -2.51. The van der Waals surface area contributed by atoms with Crippen molar-refractivity contribution in [1.82, 2.24) is 4.98 Å². The van der Waals surface area contributed by atoms with E-state index >= 15 is 0 Å². The van der Waals surface area contributed by atoms with E-state index < -0.39 is 5.60 Å². The van der Waals surface area contributed by atoms with Crippen molar-refractivity contribution in [2.24, 2.45) is 5.41 Å². The topological polar surface area (TPSA) is 59.1 Å². The molecule has 1 aliphatic rings. The Morgan fingerprint density at radius 3 is 2.54 bits per heavy atom. The Labute approximate surface area is 81.6 Å². The Bertz CT molecular complexity index is 334. The molecule has 0 amide bonds. The van der Waals surface area contributed by atoms with Crippen molar-refractivity contribution < 1.29 is 5.11 Å². The predicted octanol–water partition coefficient (Wildman–Crippen LogP) is 1.73. The van der Waals surface area contributed by atoms with Gasteiger partial charge in [0.05, 0.1) is 4.88 Å². The fourth-order valence-electron chi connectivity index (χ4n) is 1.80. The minimum absolute atomic E-state index is 0.0357. The zero-order valence-corrected chi connectivity index (χ0v) is 8.69. The monoisotopic (exact) mass is 198 g/mol. The van der Waals surface area contributed by atoms with E-state index in [1.807, 2.05) is 0 Å². The number of anilines is 1. The number of nitrogens with two attached hydrogens (primary N) is 1. The fourth-order valence-corrected chi connectivity index (χ4v) is 2.78. The first kappa shape index (κ1) is 8.97. The summed E-state index contributed by atoms with van der Waals surface area (Å²) in [6, 6.07) is 0. The number of aromatic nitrogens is 1. The van der Waals surface area contributed by atoms with Gasteiger partial charge in [0.25, 0.3) is 0 Å². The third kappa shape index (κ3) is 1.09. The fraction of sp³-hybridized carbons (Fsp3) is 0.667. The van der Waals surface area contributed by atoms with Crippen LogP contribution in [0.25, 0.3) is 0 Å². The van der Waals surface area contributed by atoms with Crippen LogP contribution < -0.4 is 5.73 Å². The second kappa shape index (κ2) is 2.45. The summed E-state index contributed by atoms with van der Waals surface area (Å²) in [5.74, 6) is 0. The van der Waals surface area contributed by atoms with Gasteiger partial charge in [-0.3, -0.25) is 0 Å². The maximum Gasteiger partial charge on any atom is 0.180 e. The summed E-state index contributed by atoms with van der Waals surface area (Å²) >= 11 is 1.39. The Morgan fingerprint density at radius 2 is 2.23 bits per heavy atom. The van der Waals surface area contributed by atoms with Crippen LogP contribution in [0.1, 0.15) is 31.6 Å². The molecule has 1 aliphatic carbocycles. The standard InChI is InChI=1S/C9H14N2OS/c1-8(2)3-4-9(8,12)6-5-11-7(10)13-6/h5,12H,3-4H2,1-2H3,(H2,10,11). The van der Waals surface area contributed by atoms with Crippen LogP contribution in [0.4, 0.5) is 5.13 Å². The van der Waals surface area contributed by atoms with E-state index in [1.54, 1.807) is 6.20 Å². The number of nitrogens with zero attached hydrogens (tertiary/aromatic N) is 1. The predicted molar refractivity (Wildman–Crippen MR) is 53.4 cm³/mol. The molecule has 0 bridgehead atoms. The number of rotatable bonds is 1. The minimum Gasteiger partial charge on any atom is -0.384 e. The van der Waals surface area contributed by atoms with Gasteiger partial charge in [-0.05, 0) is 18.3 Å². The average molecular weight is 198 g/mol. The summed E-state index contributed by atoms with van der Waals surface area (Å²) in [7, 11) is 0. The second-order valence-corrected chi connectivity index (χ2v) is 5.37. The smallest absolute Gasteiger partial charge is 0.180 e. The van der Waals surface area contributed by atoms with Crippen molar-refractivity contribution in [2.75, 3.05) is 5.73 Å². The van der Waals surface area contributed by atoms with Crippen LogP contribution in [-0.2, 0) is 5.60 Å². The van der Waals surface area contributed by atoms with Crippen LogP contribution in [0.15, 0.2) is 6.20 Å². The van der Waals surface area contributed by atoms with Gasteiger partial charge in [0.15, 0.2) is 5.13 Å². The lowest BCUT2D eigenvalue weighted by atomic mass is 9.58. The van der Waals surface area contributed by atoms with Gasteiger partial charge in [-0.25, -0.2) is 4.98 Å². The minimum atomic E-state index is -0.692. The SMILES string of the molecule is CC1(C)CCC1(O)c1cnc(N)s1. The highest BCUT2D eigenvalue weighted by molar-refractivity contribution is 7.15. The summed E-state index contributed by atoms with van der Waals surface area (Å²) in [5.41, 5.74) is 4.81. The number of hydrogen-bond acceptors (Lipinski definition) is 4. The Balaban J connectivity index is 2.36. The highest BCUT2D eigenvalue weighted by Gasteiger charge is 2.53. The van der Waals surface area contributed by atoms with E-state index in [9.17, 15) is 5.11 Å². The van der Waals surface area contributed by atoms with E-state index in [2.05, 4.69) is 18.8 Å². The number of hydrogen-bond donors (Lipinski definition) is 2. The first-order valence-electron chi connectivity index (χ1n) is 4.40. The molecule has 1 unspecified atom stereocenters. The molecule has 3 nitrogen and oxygen atoms in total. The maximum absolute atomic E-state index is 10.3. The van der Waals surface area contributed by atoms with Crippen LogP contribution in [0.2, 0.25) is 0 Å². The van der Waals surface area contributed by atoms with Crippen molar-refractivity contribution in [3.05, 3.63) is 11.1 Å². The molecule has 0 spiro atoms. The van der Waals surface area contributed by atoms with E-state index in [0.29, 0.717) is 5.13 Å². The van der Waals surface area contributed by atoms with Gasteiger partial charge in [-0.1, -0.05) is 25.2 Å². The van der Waals surface area contributed by atoms with Gasteiger partial charge < -0.3 is 10.8 Å². The molecule has 0 aromatic carbocycles. The quantitative estimate of drug-likeness (QED) is 0.722. The van der Waals surface area contributed by atoms with Crippen LogP contribution >= 0.6 is 11.3 Å². The molecule has 1 atom stereocenters. The molecule has 4 heteroatoms. The Kier molecular flexibility index (Phi) is 1.69. The summed E-state index contributed by atoms with van der Waals surface area (Å²) < 4.78 is 0. The molecule has 13 heavy (non-hydrogen) atoms. The first-order valence-corrected chi connectivity index (χ1v) is 5.21. The van der Waals surface area contributed by atoms with E-state index in [-0.39, 0.29) is 5.41 Å². The normalized spacial score (nSPS) is 31.3. The molecule has 1 heterocycles. The van der Waals surface area contributed by atoms with Crippen molar-refractivity contribution >= 4 is 16.5 Å². The van der Waals surface area contributed by atoms with Crippen molar-refractivity contribution in [3.63, 3.8) is 0 Å². The lowest BCUT2D eigenvalue weighted by Crippen LogP contribution is -2.50. The Hall–Kier alpha value is -0.610. The molecule has 1 aromatic heterocycles. The second-order valence-electron chi connectivity index (χ2n) is 4.31. The van der Waals surface area contributed by atoms with Gasteiger partial charge in [-0.2, -0.15) is 0 Å². The zero-order valence-electron chi connectivity index (χ0n) is 7.87. The third-order valence-electron chi connectivity index (χ3n) is 3.16. The molecular formula is C9H14N2OS. The largest absolute Gasteiger partial charge is 0.384 e. The number of thiazole rings is 1. The molecule has 3 N–H and O–H groups in total. The summed E-state index contributed by atoms with van der Waals surface area (Å²) in [6.07, 6.45) is 3.57. The van der Waals surface area contributed by atoms with Gasteiger partial charge in [0.2, 0.25) is 0 Å². The molecule has 1 saturated carbocycles. The Morgan fingerprint density at radius 1 is 1.54 bits per heavy atom. The maximum atomic E-state index is 10.3. The highest BCUT2D eigenvalue weighted by atomic mass is 32.1. The molecule has 0 aliphatic heterocycles. The van der Waals surface area contributed by atoms with Gasteiger partial charge in [0.1, 0.15) is 5.60 Å². The van der Waals surface area contributed by atoms with Gasteiger partial charge >= 0.3 is 0 Å². The number of nitrogen functional groups attached to an aromatic ring is 1. The van der Waals surface area contributed by atoms with Gasteiger partial charge in [-0.15, -0.1) is 0 Å². The zero-order chi connectivity index (χ0) is 9.69. The van der Waals surface area contributed by atoms with Crippen LogP contribution in [0, 0.1) is 5.41 Å². The van der Waals surface area contributed by atoms with E-state index in [0.717, 1.165) is 17.7 Å². The van der Waals surface area contributed by atoms with Crippen LogP contribution in [0.3, 0.4) is 0 Å². The summed E-state index contributed by atoms with van der Waals surface area (Å²) in [6.45, 7) is 4.15. The van der Waals surface area contributed by atoms with Crippen LogP contribution in [0.5, 0.6) is 0 Å². The molecule has 0 radical (unpaired) electrons. The van der Waals surface area contributed by atoms with E-state index in [4.69, 9.17) is 5.73 Å². The molecule has 1 aromatic rings. The lowest BCUT2D eigenvalue weighted by molar-refractivity contribution is -0.153. The van der Waals surface area contributed by atoms with Crippen molar-refractivity contribution in [1.29, 1.82) is 0 Å². The van der Waals surface area contributed by atoms with Crippen molar-refractivity contribution in [2.45, 2.75) is 32.3 Å². The van der Waals surface area contributed by atoms with Crippen molar-refractivity contribution in [3.8, 4) is 0 Å².